The van der Waals surface area contributed by atoms with E-state index in [4.69, 9.17) is 38.9 Å². The maximum atomic E-state index is 13.8. The summed E-state index contributed by atoms with van der Waals surface area (Å²) in [7, 11) is -3.84. The Morgan fingerprint density at radius 3 is 2.36 bits per heavy atom. The molecule has 45 heavy (non-hydrogen) atoms. The largest absolute Gasteiger partial charge is 0.550 e. The molecule has 248 valence electrons. The number of aliphatic carboxylic acids is 1. The maximum absolute atomic E-state index is 13.8. The first-order chi connectivity index (χ1) is 21.0. The van der Waals surface area contributed by atoms with Crippen molar-refractivity contribution in [3.63, 3.8) is 0 Å². The van der Waals surface area contributed by atoms with Gasteiger partial charge in [-0.15, -0.1) is 0 Å². The topological polar surface area (TPSA) is 179 Å². The number of hydrogen-bond acceptors (Lipinski definition) is 11. The molecule has 3 N–H and O–H groups in total. The number of amides is 1. The highest BCUT2D eigenvalue weighted by Gasteiger charge is 2.59. The van der Waals surface area contributed by atoms with Crippen LogP contribution in [0.1, 0.15) is 63.7 Å². The number of nitrogens with one attached hydrogen (secondary N) is 1. The molecule has 2 aliphatic rings. The number of pyridine rings is 1. The minimum absolute atomic E-state index is 0.0180. The van der Waals surface area contributed by atoms with Gasteiger partial charge in [-0.05, 0) is 32.4 Å². The number of nitrogens with zero attached hydrogens (tertiary/aromatic N) is 1. The lowest BCUT2D eigenvalue weighted by molar-refractivity contribution is -0.766. The maximum Gasteiger partial charge on any atom is 0.405 e. The van der Waals surface area contributed by atoms with E-state index in [1.54, 1.807) is 42.9 Å². The Kier molecular flexibility index (Phi) is 12.9. The van der Waals surface area contributed by atoms with Crippen LogP contribution < -0.4 is 20.5 Å². The number of ether oxygens (including phenoxy) is 3. The van der Waals surface area contributed by atoms with Crippen LogP contribution in [0.25, 0.3) is 0 Å². The summed E-state index contributed by atoms with van der Waals surface area (Å²) in [5.41, 5.74) is 6.19. The van der Waals surface area contributed by atoms with Crippen LogP contribution in [0.3, 0.4) is 0 Å². The van der Waals surface area contributed by atoms with Gasteiger partial charge >= 0.3 is 7.75 Å². The Bertz CT molecular complexity index is 1370. The fourth-order valence-electron chi connectivity index (χ4n) is 4.42. The molecule has 0 saturated carbocycles. The van der Waals surface area contributed by atoms with Crippen molar-refractivity contribution >= 4 is 36.5 Å². The van der Waals surface area contributed by atoms with Gasteiger partial charge < -0.3 is 29.8 Å². The monoisotopic (exact) mass is 667 g/mol. The fraction of sp³-hybridized carbons (Fsp3) is 0.533. The Balaban J connectivity index is 0.00000130. The van der Waals surface area contributed by atoms with Crippen LogP contribution in [0.5, 0.6) is 0 Å². The van der Waals surface area contributed by atoms with Crippen molar-refractivity contribution in [3.8, 4) is 0 Å². The van der Waals surface area contributed by atoms with Gasteiger partial charge in [-0.1, -0.05) is 62.9 Å². The molecule has 3 heterocycles. The summed E-state index contributed by atoms with van der Waals surface area (Å²) in [6, 6.07) is 12.8. The molecule has 1 aromatic carbocycles. The van der Waals surface area contributed by atoms with E-state index in [2.05, 4.69) is 5.09 Å². The number of carboxylic acids is 1. The van der Waals surface area contributed by atoms with Gasteiger partial charge in [-0.2, -0.15) is 4.57 Å². The van der Waals surface area contributed by atoms with Gasteiger partial charge in [0, 0.05) is 29.7 Å². The molecule has 1 amide bonds. The third kappa shape index (κ3) is 11.3. The summed E-state index contributed by atoms with van der Waals surface area (Å²) < 4.78 is 45.8. The van der Waals surface area contributed by atoms with E-state index in [9.17, 15) is 14.2 Å². The minimum Gasteiger partial charge on any atom is -0.550 e. The summed E-state index contributed by atoms with van der Waals surface area (Å²) in [4.78, 5) is 32.9. The van der Waals surface area contributed by atoms with Crippen LogP contribution in [0.4, 0.5) is 0 Å². The summed E-state index contributed by atoms with van der Waals surface area (Å²) >= 11 is 1.13. The predicted octanol–water partition coefficient (Wildman–Crippen LogP) is 2.48. The van der Waals surface area contributed by atoms with Crippen molar-refractivity contribution in [3.05, 3.63) is 66.0 Å². The van der Waals surface area contributed by atoms with Gasteiger partial charge in [0.2, 0.25) is 0 Å². The van der Waals surface area contributed by atoms with Crippen LogP contribution in [-0.4, -0.2) is 60.1 Å². The van der Waals surface area contributed by atoms with Gasteiger partial charge in [-0.3, -0.25) is 18.6 Å². The molecule has 0 radical (unpaired) electrons. The minimum atomic E-state index is -3.84. The molecule has 1 aromatic heterocycles. The lowest BCUT2D eigenvalue weighted by atomic mass is 10.00. The molecule has 5 atom stereocenters. The Labute approximate surface area is 267 Å². The van der Waals surface area contributed by atoms with Crippen molar-refractivity contribution < 1.29 is 51.9 Å². The molecule has 15 heteroatoms. The summed E-state index contributed by atoms with van der Waals surface area (Å²) in [6.07, 6.45) is 0.966. The number of hydrogen-bond donors (Lipinski definition) is 2. The average Bonchev–Trinajstić information content (AvgIpc) is 3.45. The Hall–Kier alpha value is -2.68. The summed E-state index contributed by atoms with van der Waals surface area (Å²) in [5.74, 6) is -2.22. The van der Waals surface area contributed by atoms with E-state index in [0.29, 0.717) is 11.3 Å². The van der Waals surface area contributed by atoms with E-state index >= 15 is 0 Å². The normalized spacial score (nSPS) is 23.3. The molecule has 0 aliphatic carbocycles. The number of carbonyl (C=O) groups is 3. The van der Waals surface area contributed by atoms with Gasteiger partial charge in [0.05, 0.1) is 13.2 Å². The molecule has 0 bridgehead atoms. The third-order valence-electron chi connectivity index (χ3n) is 6.44. The fourth-order valence-corrected chi connectivity index (χ4v) is 6.64. The highest BCUT2D eigenvalue weighted by atomic mass is 32.2. The molecule has 2 aromatic rings. The molecule has 0 spiro atoms. The zero-order chi connectivity index (χ0) is 33.4. The lowest BCUT2D eigenvalue weighted by Gasteiger charge is -2.24. The second kappa shape index (κ2) is 15.7. The lowest BCUT2D eigenvalue weighted by Crippen LogP contribution is -2.46. The highest BCUT2D eigenvalue weighted by Crippen LogP contribution is 2.47. The van der Waals surface area contributed by atoms with Crippen LogP contribution in [0.15, 0.2) is 54.9 Å². The van der Waals surface area contributed by atoms with Crippen LogP contribution in [0.2, 0.25) is 0 Å². The first-order valence-corrected chi connectivity index (χ1v) is 16.9. The first-order valence-electron chi connectivity index (χ1n) is 14.3. The van der Waals surface area contributed by atoms with Crippen molar-refractivity contribution in [2.24, 2.45) is 11.1 Å². The SMILES string of the molecule is CC(=O)[O-].CC1(C)OC2C(COP(=O)(NCc3ccccc3)OCCSC(=O)C(C)(C)C)OC([n+]3cccc(C(N)=O)c3)C2O1. The molecule has 2 fully saturated rings. The molecule has 2 aliphatic heterocycles. The van der Waals surface area contributed by atoms with E-state index in [-0.39, 0.29) is 24.9 Å². The highest BCUT2D eigenvalue weighted by molar-refractivity contribution is 8.13. The van der Waals surface area contributed by atoms with Crippen molar-refractivity contribution in [2.75, 3.05) is 19.0 Å². The molecule has 4 rings (SSSR count). The summed E-state index contributed by atoms with van der Waals surface area (Å²) in [5, 5.41) is 11.8. The predicted molar refractivity (Wildman–Crippen MR) is 163 cm³/mol. The molecular formula is C30H42N3O10PS. The Morgan fingerprint density at radius 2 is 1.73 bits per heavy atom. The first kappa shape index (κ1) is 36.8. The van der Waals surface area contributed by atoms with Crippen LogP contribution in [0, 0.1) is 5.41 Å². The third-order valence-corrected chi connectivity index (χ3v) is 9.25. The van der Waals surface area contributed by atoms with E-state index in [1.807, 2.05) is 51.1 Å². The molecular weight excluding hydrogens is 625 g/mol. The van der Waals surface area contributed by atoms with E-state index < -0.39 is 55.4 Å². The van der Waals surface area contributed by atoms with Crippen LogP contribution >= 0.6 is 19.5 Å². The second-order valence-electron chi connectivity index (χ2n) is 11.9. The smallest absolute Gasteiger partial charge is 0.405 e. The zero-order valence-corrected chi connectivity index (χ0v) is 28.0. The standard InChI is InChI=1S/C28H38N3O8PS.C2H4O2/c1-27(2,3)26(33)41-15-14-35-40(34,30-16-19-10-7-6-8-11-19)36-18-21-22-23(39-28(4,5)38-22)25(37-21)31-13-9-12-20(17-31)24(29)32;1-2(3)4/h6-13,17,21-23,25H,14-16,18H2,1-5H3,(H2-,29,30,32,34);1H3,(H,3,4). The van der Waals surface area contributed by atoms with E-state index in [0.717, 1.165) is 24.2 Å². The number of benzene rings is 1. The quantitative estimate of drug-likeness (QED) is 0.192. The number of fused-ring (bicyclic) bond motifs is 1. The number of primary amides is 1. The number of aromatic nitrogens is 1. The van der Waals surface area contributed by atoms with Gasteiger partial charge in [-0.25, -0.2) is 9.65 Å². The molecule has 13 nitrogen and oxygen atoms in total. The number of carboxylic acid groups (broad SMARTS) is 1. The molecule has 5 unspecified atom stereocenters. The van der Waals surface area contributed by atoms with Crippen LogP contribution in [-0.2, 0) is 44.0 Å². The van der Waals surface area contributed by atoms with Gasteiger partial charge in [0.25, 0.3) is 12.1 Å². The summed E-state index contributed by atoms with van der Waals surface area (Å²) in [6.45, 7) is 10.3. The van der Waals surface area contributed by atoms with Crippen molar-refractivity contribution in [1.82, 2.24) is 5.09 Å². The number of thioether (sulfide) groups is 1. The van der Waals surface area contributed by atoms with Gasteiger partial charge in [0.15, 0.2) is 29.4 Å². The number of nitrogens with two attached hydrogens (primary N) is 1. The Morgan fingerprint density at radius 1 is 1.09 bits per heavy atom. The molecule has 2 saturated heterocycles. The average molecular weight is 668 g/mol. The van der Waals surface area contributed by atoms with Crippen molar-refractivity contribution in [2.45, 2.75) is 78.4 Å². The number of rotatable bonds is 12. The second-order valence-corrected chi connectivity index (χ2v) is 14.8. The van der Waals surface area contributed by atoms with Gasteiger partial charge in [0.1, 0.15) is 17.8 Å². The van der Waals surface area contributed by atoms with E-state index in [1.165, 1.54) is 0 Å². The van der Waals surface area contributed by atoms with Crippen molar-refractivity contribution in [1.29, 1.82) is 0 Å². The number of carbonyl (C=O) groups excluding carboxylic acids is 3. The zero-order valence-electron chi connectivity index (χ0n) is 26.3.